The Morgan fingerprint density at radius 3 is 2.79 bits per heavy atom. The highest BCUT2D eigenvalue weighted by Gasteiger charge is 2.33. The third-order valence-electron chi connectivity index (χ3n) is 5.01. The molecule has 0 radical (unpaired) electrons. The highest BCUT2D eigenvalue weighted by Crippen LogP contribution is 2.30. The number of nitrogens with zero attached hydrogens (tertiary/aromatic N) is 3. The highest BCUT2D eigenvalue weighted by atomic mass is 15.2. The van der Waals surface area contributed by atoms with Crippen LogP contribution in [-0.2, 0) is 0 Å². The molecule has 2 heterocycles. The van der Waals surface area contributed by atoms with Crippen LogP contribution in [0.2, 0.25) is 0 Å². The minimum absolute atomic E-state index is 0.149. The summed E-state index contributed by atoms with van der Waals surface area (Å²) in [7, 11) is 2.29. The summed E-state index contributed by atoms with van der Waals surface area (Å²) in [6.07, 6.45) is 6.30. The lowest BCUT2D eigenvalue weighted by molar-refractivity contribution is 0.0374. The molecule has 0 aromatic heterocycles. The van der Waals surface area contributed by atoms with E-state index in [-0.39, 0.29) is 5.41 Å². The first kappa shape index (κ1) is 14.8. The molecule has 0 aliphatic carbocycles. The van der Waals surface area contributed by atoms with Crippen LogP contribution in [0.5, 0.6) is 0 Å². The summed E-state index contributed by atoms with van der Waals surface area (Å²) >= 11 is 0. The second-order valence-electron chi connectivity index (χ2n) is 7.14. The summed E-state index contributed by atoms with van der Waals surface area (Å²) in [5, 5.41) is 9.05. The van der Waals surface area contributed by atoms with Gasteiger partial charge in [-0.05, 0) is 78.6 Å². The largest absolute Gasteiger partial charge is 0.303 e. The number of rotatable bonds is 4. The van der Waals surface area contributed by atoms with Gasteiger partial charge in [-0.3, -0.25) is 0 Å². The SMILES string of the molecule is CN1CCCC2CN(CCCC(C)(C)C#N)CCC21. The first-order valence-corrected chi connectivity index (χ1v) is 7.86. The van der Waals surface area contributed by atoms with Crippen molar-refractivity contribution in [1.29, 1.82) is 5.26 Å². The Bertz CT molecular complexity index is 331. The topological polar surface area (TPSA) is 30.3 Å². The van der Waals surface area contributed by atoms with Gasteiger partial charge in [0.2, 0.25) is 0 Å². The van der Waals surface area contributed by atoms with Gasteiger partial charge in [0, 0.05) is 12.6 Å². The number of hydrogen-bond acceptors (Lipinski definition) is 3. The molecule has 2 aliphatic rings. The molecular weight excluding hydrogens is 234 g/mol. The minimum Gasteiger partial charge on any atom is -0.303 e. The van der Waals surface area contributed by atoms with Gasteiger partial charge in [-0.15, -0.1) is 0 Å². The maximum Gasteiger partial charge on any atom is 0.0683 e. The van der Waals surface area contributed by atoms with Crippen molar-refractivity contribution in [2.24, 2.45) is 11.3 Å². The Kier molecular flexibility index (Phi) is 4.86. The molecule has 3 heteroatoms. The van der Waals surface area contributed by atoms with Crippen molar-refractivity contribution in [3.63, 3.8) is 0 Å². The van der Waals surface area contributed by atoms with Crippen LogP contribution < -0.4 is 0 Å². The maximum atomic E-state index is 9.05. The van der Waals surface area contributed by atoms with Gasteiger partial charge < -0.3 is 9.80 Å². The van der Waals surface area contributed by atoms with Crippen LogP contribution >= 0.6 is 0 Å². The predicted molar refractivity (Wildman–Crippen MR) is 78.8 cm³/mol. The molecule has 0 N–H and O–H groups in total. The number of nitriles is 1. The van der Waals surface area contributed by atoms with Crippen LogP contribution in [0.1, 0.15) is 46.0 Å². The lowest BCUT2D eigenvalue weighted by Gasteiger charge is -2.46. The second-order valence-corrected chi connectivity index (χ2v) is 7.14. The molecule has 0 amide bonds. The van der Waals surface area contributed by atoms with E-state index >= 15 is 0 Å². The third kappa shape index (κ3) is 3.94. The smallest absolute Gasteiger partial charge is 0.0683 e. The number of likely N-dealkylation sites (tertiary alicyclic amines) is 2. The zero-order valence-electron chi connectivity index (χ0n) is 12.9. The normalized spacial score (nSPS) is 29.8. The number of piperidine rings is 2. The van der Waals surface area contributed by atoms with Crippen molar-refractivity contribution in [3.8, 4) is 6.07 Å². The molecule has 0 saturated carbocycles. The molecule has 2 aliphatic heterocycles. The summed E-state index contributed by atoms with van der Waals surface area (Å²) in [6.45, 7) is 9.10. The molecule has 2 rings (SSSR count). The van der Waals surface area contributed by atoms with Crippen molar-refractivity contribution < 1.29 is 0 Å². The van der Waals surface area contributed by atoms with E-state index in [4.69, 9.17) is 5.26 Å². The van der Waals surface area contributed by atoms with Gasteiger partial charge in [0.05, 0.1) is 11.5 Å². The Hall–Kier alpha value is -0.590. The van der Waals surface area contributed by atoms with Crippen molar-refractivity contribution in [1.82, 2.24) is 9.80 Å². The van der Waals surface area contributed by atoms with Gasteiger partial charge in [0.25, 0.3) is 0 Å². The summed E-state index contributed by atoms with van der Waals surface area (Å²) in [5.74, 6) is 0.886. The molecule has 0 bridgehead atoms. The number of hydrogen-bond donors (Lipinski definition) is 0. The molecule has 3 nitrogen and oxygen atoms in total. The van der Waals surface area contributed by atoms with Gasteiger partial charge in [0.1, 0.15) is 0 Å². The van der Waals surface area contributed by atoms with E-state index in [1.54, 1.807) is 0 Å². The van der Waals surface area contributed by atoms with E-state index in [9.17, 15) is 0 Å². The fourth-order valence-corrected chi connectivity index (χ4v) is 3.73. The monoisotopic (exact) mass is 263 g/mol. The molecule has 0 aromatic rings. The maximum absolute atomic E-state index is 9.05. The van der Waals surface area contributed by atoms with Gasteiger partial charge in [-0.2, -0.15) is 5.26 Å². The Balaban J connectivity index is 1.74. The molecule has 108 valence electrons. The van der Waals surface area contributed by atoms with E-state index in [0.717, 1.165) is 24.8 Å². The van der Waals surface area contributed by atoms with Crippen LogP contribution in [-0.4, -0.2) is 49.1 Å². The first-order valence-electron chi connectivity index (χ1n) is 7.86. The average molecular weight is 263 g/mol. The molecule has 2 saturated heterocycles. The Morgan fingerprint density at radius 1 is 1.26 bits per heavy atom. The molecular formula is C16H29N3. The molecule has 0 spiro atoms. The van der Waals surface area contributed by atoms with Crippen molar-refractivity contribution in [2.45, 2.75) is 52.0 Å². The van der Waals surface area contributed by atoms with E-state index < -0.39 is 0 Å². The van der Waals surface area contributed by atoms with Crippen LogP contribution in [0.15, 0.2) is 0 Å². The molecule has 19 heavy (non-hydrogen) atoms. The molecule has 0 aromatic carbocycles. The highest BCUT2D eigenvalue weighted by molar-refractivity contribution is 4.92. The minimum atomic E-state index is -0.149. The summed E-state index contributed by atoms with van der Waals surface area (Å²) in [5.41, 5.74) is -0.149. The summed E-state index contributed by atoms with van der Waals surface area (Å²) in [6, 6.07) is 3.24. The average Bonchev–Trinajstić information content (AvgIpc) is 2.39. The first-order chi connectivity index (χ1) is 9.02. The summed E-state index contributed by atoms with van der Waals surface area (Å²) < 4.78 is 0. The third-order valence-corrected chi connectivity index (χ3v) is 5.01. The Morgan fingerprint density at radius 2 is 2.05 bits per heavy atom. The fourth-order valence-electron chi connectivity index (χ4n) is 3.73. The fraction of sp³-hybridized carbons (Fsp3) is 0.938. The van der Waals surface area contributed by atoms with Crippen LogP contribution in [0, 0.1) is 22.7 Å². The van der Waals surface area contributed by atoms with E-state index in [0.29, 0.717) is 0 Å². The van der Waals surface area contributed by atoms with Gasteiger partial charge in [-0.25, -0.2) is 0 Å². The molecule has 2 fully saturated rings. The van der Waals surface area contributed by atoms with Gasteiger partial charge in [0.15, 0.2) is 0 Å². The number of fused-ring (bicyclic) bond motifs is 1. The quantitative estimate of drug-likeness (QED) is 0.781. The zero-order valence-corrected chi connectivity index (χ0v) is 12.9. The van der Waals surface area contributed by atoms with Crippen molar-refractivity contribution >= 4 is 0 Å². The van der Waals surface area contributed by atoms with Gasteiger partial charge in [-0.1, -0.05) is 0 Å². The molecule has 2 unspecified atom stereocenters. The van der Waals surface area contributed by atoms with E-state index in [1.165, 1.54) is 45.4 Å². The zero-order chi connectivity index (χ0) is 13.9. The Labute approximate surface area is 118 Å². The lowest BCUT2D eigenvalue weighted by atomic mass is 9.84. The van der Waals surface area contributed by atoms with E-state index in [2.05, 4.69) is 36.8 Å². The van der Waals surface area contributed by atoms with Crippen LogP contribution in [0.4, 0.5) is 0 Å². The van der Waals surface area contributed by atoms with Crippen molar-refractivity contribution in [3.05, 3.63) is 0 Å². The molecule has 2 atom stereocenters. The van der Waals surface area contributed by atoms with Crippen LogP contribution in [0.25, 0.3) is 0 Å². The van der Waals surface area contributed by atoms with Crippen molar-refractivity contribution in [2.75, 3.05) is 33.2 Å². The standard InChI is InChI=1S/C16H29N3/c1-16(2,13-17)8-5-10-19-11-7-15-14(12-19)6-4-9-18(15)3/h14-15H,4-12H2,1-3H3. The second kappa shape index (κ2) is 6.24. The lowest BCUT2D eigenvalue weighted by Crippen LogP contribution is -2.52. The summed E-state index contributed by atoms with van der Waals surface area (Å²) in [4.78, 5) is 5.21. The predicted octanol–water partition coefficient (Wildman–Crippen LogP) is 2.73. The van der Waals surface area contributed by atoms with Crippen LogP contribution in [0.3, 0.4) is 0 Å². The van der Waals surface area contributed by atoms with Gasteiger partial charge >= 0.3 is 0 Å². The van der Waals surface area contributed by atoms with E-state index in [1.807, 2.05) is 0 Å².